The smallest absolute Gasteiger partial charge is 0.305 e. The zero-order chi connectivity index (χ0) is 85.9. The van der Waals surface area contributed by atoms with Crippen molar-refractivity contribution in [3.05, 3.63) is 159 Å². The highest BCUT2D eigenvalue weighted by Crippen LogP contribution is 2.29. The van der Waals surface area contributed by atoms with Crippen LogP contribution in [0.2, 0.25) is 0 Å². The number of carboxylic acids is 1. The number of benzene rings is 4. The van der Waals surface area contributed by atoms with E-state index in [0.717, 1.165) is 91.6 Å². The predicted octanol–water partition coefficient (Wildman–Crippen LogP) is 1.61. The molecule has 0 unspecified atom stereocenters. The summed E-state index contributed by atoms with van der Waals surface area (Å²) in [6.45, 7) is 10.4. The average Bonchev–Trinajstić information content (AvgIpc) is 1.38. The summed E-state index contributed by atoms with van der Waals surface area (Å²) in [7, 11) is 0. The number of unbranched alkanes of at least 4 members (excludes halogenated alkanes) is 4. The zero-order valence-electron chi connectivity index (χ0n) is 66.8. The third-order valence-corrected chi connectivity index (χ3v) is 19.0. The van der Waals surface area contributed by atoms with Crippen molar-refractivity contribution < 1.29 is 87.1 Å². The molecule has 0 aliphatic rings. The number of imidazole rings is 1. The van der Waals surface area contributed by atoms with E-state index in [2.05, 4.69) is 93.8 Å². The lowest BCUT2D eigenvalue weighted by Gasteiger charge is -2.34. The van der Waals surface area contributed by atoms with Gasteiger partial charge in [0.15, 0.2) is 5.82 Å². The summed E-state index contributed by atoms with van der Waals surface area (Å²) in [5.74, 6) is -13.8. The van der Waals surface area contributed by atoms with Crippen LogP contribution in [0, 0.1) is 19.7 Å². The van der Waals surface area contributed by atoms with E-state index >= 15 is 4.39 Å². The number of ether oxygens (including phenoxy) is 1. The number of primary amides is 1. The number of aromatic nitrogens is 6. The standard InChI is InChI=1S/C79H107FN20O17/c1-9-51-37-55(117-32-17-16-31-86-98-82)29-30-56(51)52-27-25-49(26-28-52)36-59(71(110)87-58(69(81)108)23-18-19-50-34-45(2)33-46(3)35-50)88-72(111)61(39-66(106)107)89-73(112)62(43-101)90-74(113)67(47(4)102)93-77(116)79(8,40-53-20-14-15-22-57(53)80)95-75(114)68(48(5)103)92-65(105)42-84-70(109)60(38-63-96-99-100-97-63)91-76(115)78(6,7)94-64(104)24-13-11-10-12-21-54-41-83-44-85-54/h14-15,20,22,25-30,33-35,37,41,44,47-48,58-62,67-68,101-103H,9-13,16-19,21,23-24,31-32,36,38-40,42-43H2,1-8H3,(H2,81,108)(H,83,85)(H,84,109)(H,87,110)(H,88,111)(H,89,112)(H,90,113)(H,91,115)(H,92,105)(H,93,116)(H,94,104)(H,95,114)(H,106,107)(H,96,97,99,100)/t47-,48-,58+,59+,60+,61+,62+,67+,68+,79+/m1/s1. The molecule has 0 bridgehead atoms. The van der Waals surface area contributed by atoms with Crippen LogP contribution in [0.4, 0.5) is 4.39 Å². The summed E-state index contributed by atoms with van der Waals surface area (Å²) in [6.07, 6.45) is 3.91. The number of halogens is 1. The van der Waals surface area contributed by atoms with E-state index in [1.54, 1.807) is 30.6 Å². The molecule has 0 fully saturated rings. The Hall–Kier alpha value is -12.3. The molecule has 2 heterocycles. The van der Waals surface area contributed by atoms with E-state index in [-0.39, 0.29) is 37.1 Å². The number of azide groups is 1. The molecule has 0 saturated carbocycles. The number of hydrogen-bond donors (Lipinski definition) is 17. The molecule has 632 valence electrons. The van der Waals surface area contributed by atoms with Crippen molar-refractivity contribution in [1.82, 2.24) is 83.8 Å². The third kappa shape index (κ3) is 30.8. The normalized spacial score (nSPS) is 14.1. The van der Waals surface area contributed by atoms with E-state index in [4.69, 9.17) is 16.0 Å². The maximum absolute atomic E-state index is 15.6. The Morgan fingerprint density at radius 3 is 1.94 bits per heavy atom. The molecule has 2 aromatic heterocycles. The van der Waals surface area contributed by atoms with Crippen molar-refractivity contribution in [1.29, 1.82) is 0 Å². The minimum absolute atomic E-state index is 0.0425. The number of aryl methyl sites for hydroxylation is 5. The molecule has 37 nitrogen and oxygen atoms in total. The fraction of sp³-hybridized carbons (Fsp3) is 0.494. The lowest BCUT2D eigenvalue weighted by Crippen LogP contribution is -2.67. The summed E-state index contributed by atoms with van der Waals surface area (Å²) in [6, 6.07) is 10.9. The minimum Gasteiger partial charge on any atom is -0.494 e. The van der Waals surface area contributed by atoms with Gasteiger partial charge in [-0.05, 0) is 163 Å². The van der Waals surface area contributed by atoms with E-state index in [1.807, 2.05) is 63.4 Å². The van der Waals surface area contributed by atoms with Crippen molar-refractivity contribution in [2.75, 3.05) is 26.3 Å². The third-order valence-electron chi connectivity index (χ3n) is 19.0. The number of nitrogens with one attached hydrogen (secondary N) is 12. The largest absolute Gasteiger partial charge is 0.494 e. The predicted molar refractivity (Wildman–Crippen MR) is 423 cm³/mol. The first-order chi connectivity index (χ1) is 55.6. The second-order valence-corrected chi connectivity index (χ2v) is 29.4. The SMILES string of the molecule is CCc1cc(OCCCCN=[N+]=[N-])ccc1-c1ccc(C[C@H](NC(=O)[C@H](CC(=O)O)NC(=O)[C@H](CO)NC(=O)[C@@H](NC(=O)[C@](C)(Cc2ccccc2F)NC(=O)[C@@H](NC(=O)CNC(=O)[C@H](Cc2nn[nH]n2)NC(=O)C(C)(C)NC(=O)CCCCCCc2c[nH]cn2)[C@@H](C)O)[C@@H](C)O)C(=O)N[C@@H](CCCc2cc(C)cc(C)c2)C(N)=O)cc1. The highest BCUT2D eigenvalue weighted by atomic mass is 19.1. The van der Waals surface area contributed by atoms with Gasteiger partial charge in [-0.1, -0.05) is 108 Å². The number of amides is 11. The Morgan fingerprint density at radius 2 is 1.31 bits per heavy atom. The number of aromatic amines is 2. The lowest BCUT2D eigenvalue weighted by molar-refractivity contribution is -0.142. The molecule has 6 rings (SSSR count). The van der Waals surface area contributed by atoms with Gasteiger partial charge in [0.05, 0.1) is 50.4 Å². The molecule has 18 N–H and O–H groups in total. The molecule has 6 aromatic rings. The summed E-state index contributed by atoms with van der Waals surface area (Å²) in [5, 5.41) is 83.7. The number of rotatable bonds is 50. The quantitative estimate of drug-likeness (QED) is 0.0112. The fourth-order valence-electron chi connectivity index (χ4n) is 12.7. The minimum atomic E-state index is -2.40. The Labute approximate surface area is 675 Å². The molecule has 11 amide bonds. The average molecular weight is 1630 g/mol. The first kappa shape index (κ1) is 93.6. The van der Waals surface area contributed by atoms with E-state index in [9.17, 15) is 78.0 Å². The van der Waals surface area contributed by atoms with Crippen molar-refractivity contribution in [2.24, 2.45) is 10.8 Å². The van der Waals surface area contributed by atoms with Crippen LogP contribution in [-0.4, -0.2) is 214 Å². The van der Waals surface area contributed by atoms with Crippen LogP contribution < -0.4 is 63.6 Å². The second kappa shape index (κ2) is 46.3. The van der Waals surface area contributed by atoms with Crippen LogP contribution in [0.3, 0.4) is 0 Å². The summed E-state index contributed by atoms with van der Waals surface area (Å²) in [4.78, 5) is 176. The number of hydrogen-bond acceptors (Lipinski definition) is 21. The number of H-pyrrole nitrogens is 2. The van der Waals surface area contributed by atoms with E-state index in [0.29, 0.717) is 63.0 Å². The molecule has 10 atom stereocenters. The maximum atomic E-state index is 15.6. The Bertz CT molecular complexity index is 4390. The first-order valence-corrected chi connectivity index (χ1v) is 38.5. The lowest BCUT2D eigenvalue weighted by atomic mass is 9.90. The van der Waals surface area contributed by atoms with Gasteiger partial charge in [0.25, 0.3) is 0 Å². The van der Waals surface area contributed by atoms with Crippen molar-refractivity contribution >= 4 is 70.9 Å². The molecule has 0 aliphatic carbocycles. The number of nitrogens with two attached hydrogens (primary N) is 1. The van der Waals surface area contributed by atoms with Crippen LogP contribution in [0.5, 0.6) is 5.75 Å². The van der Waals surface area contributed by atoms with Gasteiger partial charge in [-0.15, -0.1) is 10.2 Å². The van der Waals surface area contributed by atoms with Crippen LogP contribution >= 0.6 is 0 Å². The number of aliphatic carboxylic acids is 1. The van der Waals surface area contributed by atoms with Crippen LogP contribution in [0.25, 0.3) is 21.6 Å². The van der Waals surface area contributed by atoms with Gasteiger partial charge in [0.2, 0.25) is 65.0 Å². The van der Waals surface area contributed by atoms with Crippen molar-refractivity contribution in [3.8, 4) is 16.9 Å². The van der Waals surface area contributed by atoms with Crippen LogP contribution in [-0.2, 0) is 96.1 Å². The molecular formula is C79H107FN20O17. The summed E-state index contributed by atoms with van der Waals surface area (Å²) < 4.78 is 21.5. The second-order valence-electron chi connectivity index (χ2n) is 29.4. The van der Waals surface area contributed by atoms with Crippen LogP contribution in [0.1, 0.15) is 151 Å². The van der Waals surface area contributed by atoms with Gasteiger partial charge in [-0.25, -0.2) is 9.37 Å². The van der Waals surface area contributed by atoms with Gasteiger partial charge >= 0.3 is 5.97 Å². The Balaban J connectivity index is 1.15. The fourth-order valence-corrected chi connectivity index (χ4v) is 12.7. The van der Waals surface area contributed by atoms with Gasteiger partial charge in [-0.3, -0.25) is 57.5 Å². The molecule has 4 aromatic carbocycles. The van der Waals surface area contributed by atoms with Gasteiger partial charge in [0, 0.05) is 43.3 Å². The number of carboxylic acid groups (broad SMARTS) is 1. The highest BCUT2D eigenvalue weighted by molar-refractivity contribution is 6.00. The maximum Gasteiger partial charge on any atom is 0.305 e. The zero-order valence-corrected chi connectivity index (χ0v) is 66.8. The van der Waals surface area contributed by atoms with Gasteiger partial charge < -0.3 is 89.0 Å². The van der Waals surface area contributed by atoms with Crippen molar-refractivity contribution in [3.63, 3.8) is 0 Å². The molecule has 38 heteroatoms. The Morgan fingerprint density at radius 1 is 0.658 bits per heavy atom. The molecule has 117 heavy (non-hydrogen) atoms. The number of nitrogens with zero attached hydrogens (tertiary/aromatic N) is 7. The molecule has 0 spiro atoms. The summed E-state index contributed by atoms with van der Waals surface area (Å²) >= 11 is 0. The van der Waals surface area contributed by atoms with Gasteiger partial charge in [-0.2, -0.15) is 5.21 Å². The van der Waals surface area contributed by atoms with E-state index < -0.39 is 168 Å². The number of carbonyl (C=O) groups excluding carboxylic acids is 11. The number of aliphatic hydroxyl groups excluding tert-OH is 3. The Kier molecular flexibility index (Phi) is 37.0. The molecule has 0 aliphatic heterocycles. The number of carbonyl (C=O) groups is 12. The highest BCUT2D eigenvalue weighted by Gasteiger charge is 2.43. The monoisotopic (exact) mass is 1630 g/mol. The molecule has 0 radical (unpaired) electrons. The summed E-state index contributed by atoms with van der Waals surface area (Å²) in [5.41, 5.74) is 17.2. The molecular weight excluding hydrogens is 1520 g/mol. The number of aliphatic hydroxyl groups is 3. The first-order valence-electron chi connectivity index (χ1n) is 38.5. The number of tetrazole rings is 1. The topological polar surface area (TPSA) is 573 Å². The van der Waals surface area contributed by atoms with E-state index in [1.165, 1.54) is 32.0 Å². The van der Waals surface area contributed by atoms with Crippen LogP contribution in [0.15, 0.2) is 103 Å². The van der Waals surface area contributed by atoms with Crippen molar-refractivity contribution in [2.45, 2.75) is 224 Å². The molecule has 0 saturated heterocycles. The van der Waals surface area contributed by atoms with Gasteiger partial charge in [0.1, 0.15) is 64.9 Å².